The number of hydrogen-bond donors (Lipinski definition) is 2. The van der Waals surface area contributed by atoms with E-state index in [4.69, 9.17) is 0 Å². The summed E-state index contributed by atoms with van der Waals surface area (Å²) in [4.78, 5) is 1.54. The lowest BCUT2D eigenvalue weighted by Gasteiger charge is -2.56. The van der Waals surface area contributed by atoms with Crippen molar-refractivity contribution in [1.82, 2.24) is 9.62 Å². The molecule has 3 aliphatic rings. The molecule has 3 rings (SSSR count). The van der Waals surface area contributed by atoms with Gasteiger partial charge in [0.25, 0.3) is 20.2 Å². The Labute approximate surface area is 158 Å². The molecule has 0 aromatic carbocycles. The van der Waals surface area contributed by atoms with E-state index in [1.54, 1.807) is 6.92 Å². The van der Waals surface area contributed by atoms with Gasteiger partial charge >= 0.3 is 6.97 Å². The van der Waals surface area contributed by atoms with Gasteiger partial charge in [0.15, 0.2) is 0 Å². The minimum absolute atomic E-state index is 0.131. The Morgan fingerprint density at radius 3 is 1.85 bits per heavy atom. The van der Waals surface area contributed by atoms with E-state index in [0.29, 0.717) is 5.57 Å². The first-order valence-electron chi connectivity index (χ1n) is 8.76. The van der Waals surface area contributed by atoms with Gasteiger partial charge in [-0.25, -0.2) is 0 Å². The van der Waals surface area contributed by atoms with Gasteiger partial charge in [0.05, 0.1) is 0 Å². The molecule has 0 aromatic rings. The summed E-state index contributed by atoms with van der Waals surface area (Å²) in [5.74, 6) is -1.69. The Morgan fingerprint density at radius 2 is 1.41 bits per heavy atom. The molecule has 0 radical (unpaired) electrons. The predicted octanol–water partition coefficient (Wildman–Crippen LogP) is 1.21. The molecule has 0 saturated carbocycles. The number of allylic oxidation sites excluding steroid dienone is 1. The van der Waals surface area contributed by atoms with Crippen LogP contribution in [0.15, 0.2) is 11.3 Å². The molecule has 0 spiro atoms. The van der Waals surface area contributed by atoms with Crippen LogP contribution in [0, 0.1) is 11.8 Å². The molecule has 3 aliphatic heterocycles. The number of fused-ring (bicyclic) bond motifs is 2. The predicted molar refractivity (Wildman–Crippen MR) is 96.1 cm³/mol. The van der Waals surface area contributed by atoms with E-state index in [1.165, 1.54) is 27.7 Å². The largest absolute Gasteiger partial charge is 0.495 e. The van der Waals surface area contributed by atoms with Crippen molar-refractivity contribution in [2.45, 2.75) is 63.2 Å². The highest BCUT2D eigenvalue weighted by Crippen LogP contribution is 2.53. The van der Waals surface area contributed by atoms with Crippen molar-refractivity contribution in [2.24, 2.45) is 11.8 Å². The Bertz CT molecular complexity index is 909. The lowest BCUT2D eigenvalue weighted by molar-refractivity contribution is 0.184. The van der Waals surface area contributed by atoms with Crippen molar-refractivity contribution in [3.63, 3.8) is 0 Å². The highest BCUT2D eigenvalue weighted by molar-refractivity contribution is 7.86. The summed E-state index contributed by atoms with van der Waals surface area (Å²) in [5.41, 5.74) is 0.574. The van der Waals surface area contributed by atoms with E-state index in [1.807, 2.05) is 0 Å². The first-order chi connectivity index (χ1) is 12.0. The third-order valence-electron chi connectivity index (χ3n) is 6.63. The topological polar surface area (TPSA) is 115 Å². The molecule has 8 nitrogen and oxygen atoms in total. The van der Waals surface area contributed by atoms with Crippen molar-refractivity contribution in [3.8, 4) is 0 Å². The minimum Gasteiger partial charge on any atom is -0.476 e. The summed E-state index contributed by atoms with van der Waals surface area (Å²) >= 11 is 0. The first-order valence-corrected chi connectivity index (χ1v) is 11.8. The molecule has 0 bridgehead atoms. The smallest absolute Gasteiger partial charge is 0.476 e. The van der Waals surface area contributed by atoms with Crippen LogP contribution in [0.1, 0.15) is 34.6 Å². The van der Waals surface area contributed by atoms with Crippen LogP contribution in [-0.2, 0) is 20.2 Å². The van der Waals surface area contributed by atoms with Gasteiger partial charge in [0.1, 0.15) is 10.5 Å². The van der Waals surface area contributed by atoms with E-state index in [2.05, 4.69) is 0 Å². The van der Waals surface area contributed by atoms with Gasteiger partial charge in [-0.15, -0.1) is 0 Å². The molecule has 7 atom stereocenters. The van der Waals surface area contributed by atoms with Gasteiger partial charge < -0.3 is 18.3 Å². The van der Waals surface area contributed by atoms with Crippen LogP contribution in [0.4, 0.5) is 8.63 Å². The summed E-state index contributed by atoms with van der Waals surface area (Å²) in [6.45, 7) is 2.69. The average Bonchev–Trinajstić information content (AvgIpc) is 2.87. The molecule has 27 heavy (non-hydrogen) atoms. The summed E-state index contributed by atoms with van der Waals surface area (Å²) < 4.78 is 97.6. The fraction of sp³-hybridized carbons (Fsp3) is 0.857. The SMILES string of the molecule is CC1=C2C(C)C(S(=O)(=O)O)C(C)N2[B-](F)(F)N2C(C)C(S(=O)(=O)O)C(C)C12. The van der Waals surface area contributed by atoms with Gasteiger partial charge in [-0.3, -0.25) is 9.11 Å². The highest BCUT2D eigenvalue weighted by Gasteiger charge is 2.64. The first kappa shape index (κ1) is 21.0. The summed E-state index contributed by atoms with van der Waals surface area (Å²) in [6, 6.07) is -3.31. The molecule has 7 unspecified atom stereocenters. The second kappa shape index (κ2) is 5.88. The molecule has 0 amide bonds. The maximum absolute atomic E-state index is 15.6. The second-order valence-corrected chi connectivity index (χ2v) is 11.2. The van der Waals surface area contributed by atoms with Crippen LogP contribution >= 0.6 is 0 Å². The maximum atomic E-state index is 15.6. The van der Waals surface area contributed by atoms with E-state index < -0.39 is 67.7 Å². The maximum Gasteiger partial charge on any atom is 0.495 e. The summed E-state index contributed by atoms with van der Waals surface area (Å²) in [7, 11) is -9.13. The highest BCUT2D eigenvalue weighted by atomic mass is 32.2. The standard InChI is InChI=1S/C14H24BF2N2O6S2/c1-6-11-7(2)13(26(20,21)22)9(4)18(11)15(16,17)19-10(5)14(27(23,24)25)8(3)12(6)19/h7-11,13-14H,1-5H3,(H,20,21,22)(H,23,24,25)/q-1. The van der Waals surface area contributed by atoms with Crippen LogP contribution in [0.3, 0.4) is 0 Å². The Kier molecular flexibility index (Phi) is 4.56. The average molecular weight is 429 g/mol. The molecule has 0 aromatic heterocycles. The van der Waals surface area contributed by atoms with Crippen LogP contribution in [0.25, 0.3) is 0 Å². The van der Waals surface area contributed by atoms with Crippen LogP contribution in [0.5, 0.6) is 0 Å². The zero-order valence-electron chi connectivity index (χ0n) is 15.6. The van der Waals surface area contributed by atoms with Gasteiger partial charge in [-0.1, -0.05) is 20.8 Å². The Morgan fingerprint density at radius 1 is 0.926 bits per heavy atom. The van der Waals surface area contributed by atoms with Gasteiger partial charge in [0, 0.05) is 18.0 Å². The van der Waals surface area contributed by atoms with Crippen LogP contribution in [-0.4, -0.2) is 71.2 Å². The molecule has 13 heteroatoms. The summed E-state index contributed by atoms with van der Waals surface area (Å²) in [6.07, 6.45) is 0. The van der Waals surface area contributed by atoms with Crippen molar-refractivity contribution in [2.75, 3.05) is 0 Å². The third kappa shape index (κ3) is 2.69. The second-order valence-electron chi connectivity index (χ2n) is 8.04. The fourth-order valence-corrected chi connectivity index (χ4v) is 8.53. The number of halogens is 2. The molecule has 0 aliphatic carbocycles. The quantitative estimate of drug-likeness (QED) is 0.497. The normalized spacial score (nSPS) is 42.4. The zero-order chi connectivity index (χ0) is 20.9. The van der Waals surface area contributed by atoms with Crippen molar-refractivity contribution in [3.05, 3.63) is 11.3 Å². The lowest BCUT2D eigenvalue weighted by Crippen LogP contribution is -2.68. The third-order valence-corrected chi connectivity index (χ3v) is 9.63. The van der Waals surface area contributed by atoms with Crippen LogP contribution < -0.4 is 0 Å². The van der Waals surface area contributed by atoms with Crippen LogP contribution in [0.2, 0.25) is 0 Å². The molecular weight excluding hydrogens is 405 g/mol. The van der Waals surface area contributed by atoms with Crippen molar-refractivity contribution >= 4 is 27.2 Å². The lowest BCUT2D eigenvalue weighted by atomic mass is 9.78. The van der Waals surface area contributed by atoms with Gasteiger partial charge in [0.2, 0.25) is 0 Å². The molecule has 2 saturated heterocycles. The van der Waals surface area contributed by atoms with Crippen molar-refractivity contribution in [1.29, 1.82) is 0 Å². The minimum atomic E-state index is -4.57. The van der Waals surface area contributed by atoms with E-state index in [0.717, 1.165) is 9.62 Å². The molecule has 156 valence electrons. The van der Waals surface area contributed by atoms with E-state index in [9.17, 15) is 25.9 Å². The van der Waals surface area contributed by atoms with Crippen molar-refractivity contribution < 1.29 is 34.6 Å². The van der Waals surface area contributed by atoms with E-state index in [-0.39, 0.29) is 5.70 Å². The number of hydrogen-bond acceptors (Lipinski definition) is 6. The molecular formula is C14H24BF2N2O6S2-. The molecule has 3 heterocycles. The molecule has 2 N–H and O–H groups in total. The van der Waals surface area contributed by atoms with Gasteiger partial charge in [-0.05, 0) is 37.1 Å². The molecule has 2 fully saturated rings. The number of rotatable bonds is 2. The monoisotopic (exact) mass is 429 g/mol. The zero-order valence-corrected chi connectivity index (χ0v) is 17.2. The Hall–Kier alpha value is -0.755. The Balaban J connectivity index is 2.23. The summed E-state index contributed by atoms with van der Waals surface area (Å²) in [5, 5.41) is -2.79. The number of nitrogens with zero attached hydrogens (tertiary/aromatic N) is 2. The fourth-order valence-electron chi connectivity index (χ4n) is 5.93. The van der Waals surface area contributed by atoms with E-state index >= 15 is 8.63 Å². The van der Waals surface area contributed by atoms with Gasteiger partial charge in [-0.2, -0.15) is 16.8 Å².